The van der Waals surface area contributed by atoms with Crippen molar-refractivity contribution in [2.75, 3.05) is 6.61 Å². The zero-order valence-electron chi connectivity index (χ0n) is 13.5. The van der Waals surface area contributed by atoms with E-state index in [9.17, 15) is 4.79 Å². The smallest absolute Gasteiger partial charge is 0.339 e. The zero-order chi connectivity index (χ0) is 15.9. The first-order valence-electron chi connectivity index (χ1n) is 7.63. The van der Waals surface area contributed by atoms with Gasteiger partial charge < -0.3 is 4.74 Å². The summed E-state index contributed by atoms with van der Waals surface area (Å²) in [4.78, 5) is 12.5. The van der Waals surface area contributed by atoms with E-state index in [0.29, 0.717) is 12.2 Å². The number of benzene rings is 3. The monoisotopic (exact) mass is 292 g/mol. The summed E-state index contributed by atoms with van der Waals surface area (Å²) >= 11 is 0. The molecule has 0 amide bonds. The highest BCUT2D eigenvalue weighted by atomic mass is 16.5. The molecule has 0 fully saturated rings. The van der Waals surface area contributed by atoms with E-state index >= 15 is 0 Å². The molecule has 0 aromatic heterocycles. The molecule has 2 heteroatoms. The van der Waals surface area contributed by atoms with E-state index < -0.39 is 0 Å². The van der Waals surface area contributed by atoms with E-state index in [1.165, 1.54) is 10.9 Å². The summed E-state index contributed by atoms with van der Waals surface area (Å²) < 4.78 is 5.30. The summed E-state index contributed by atoms with van der Waals surface area (Å²) in [7, 11) is 0. The van der Waals surface area contributed by atoms with Crippen molar-refractivity contribution in [3.63, 3.8) is 0 Å². The first-order valence-corrected chi connectivity index (χ1v) is 7.63. The molecule has 0 aliphatic heterocycles. The number of aryl methyl sites for hydroxylation is 3. The van der Waals surface area contributed by atoms with Gasteiger partial charge in [-0.2, -0.15) is 0 Å². The predicted octanol–water partition coefficient (Wildman–Crippen LogP) is 5.09. The van der Waals surface area contributed by atoms with Crippen molar-refractivity contribution in [3.05, 3.63) is 58.7 Å². The second-order valence-corrected chi connectivity index (χ2v) is 5.82. The highest BCUT2D eigenvalue weighted by Gasteiger charge is 2.18. The lowest BCUT2D eigenvalue weighted by Gasteiger charge is -2.15. The fourth-order valence-electron chi connectivity index (χ4n) is 3.11. The Bertz CT molecular complexity index is 891. The maximum Gasteiger partial charge on any atom is 0.339 e. The second-order valence-electron chi connectivity index (χ2n) is 5.82. The molecule has 0 bridgehead atoms. The minimum absolute atomic E-state index is 0.237. The lowest BCUT2D eigenvalue weighted by atomic mass is 9.90. The Morgan fingerprint density at radius 1 is 0.864 bits per heavy atom. The predicted molar refractivity (Wildman–Crippen MR) is 91.6 cm³/mol. The Balaban J connectivity index is 2.51. The van der Waals surface area contributed by atoms with Gasteiger partial charge in [0.2, 0.25) is 0 Å². The molecule has 0 atom stereocenters. The third kappa shape index (κ3) is 2.25. The molecule has 3 rings (SSSR count). The van der Waals surface area contributed by atoms with Gasteiger partial charge in [0.1, 0.15) is 0 Å². The topological polar surface area (TPSA) is 26.3 Å². The number of ether oxygens (including phenoxy) is 1. The molecular formula is C20H20O2. The molecule has 112 valence electrons. The number of carbonyl (C=O) groups excluding carboxylic acids is 1. The molecule has 0 N–H and O–H groups in total. The van der Waals surface area contributed by atoms with Crippen LogP contribution in [0.2, 0.25) is 0 Å². The molecule has 0 heterocycles. The molecule has 2 nitrogen and oxygen atoms in total. The standard InChI is InChI=1S/C20H20O2/c1-5-22-20(21)19-14(4)17-10-12(2)6-8-15(17)16-9-7-13(3)11-18(16)19/h6-11H,5H2,1-4H3. The van der Waals surface area contributed by atoms with Gasteiger partial charge in [0.05, 0.1) is 12.2 Å². The van der Waals surface area contributed by atoms with Gasteiger partial charge in [0, 0.05) is 0 Å². The third-order valence-corrected chi connectivity index (χ3v) is 4.17. The number of fused-ring (bicyclic) bond motifs is 3. The van der Waals surface area contributed by atoms with Crippen LogP contribution in [0.15, 0.2) is 36.4 Å². The van der Waals surface area contributed by atoms with Crippen LogP contribution < -0.4 is 0 Å². The number of carbonyl (C=O) groups is 1. The fraction of sp³-hybridized carbons (Fsp3) is 0.250. The van der Waals surface area contributed by atoms with Crippen molar-refractivity contribution in [1.82, 2.24) is 0 Å². The van der Waals surface area contributed by atoms with Crippen LogP contribution in [-0.4, -0.2) is 12.6 Å². The Morgan fingerprint density at radius 2 is 1.41 bits per heavy atom. The van der Waals surface area contributed by atoms with Crippen molar-refractivity contribution in [2.24, 2.45) is 0 Å². The molecule has 0 aliphatic rings. The van der Waals surface area contributed by atoms with Crippen molar-refractivity contribution >= 4 is 27.5 Å². The molecule has 0 spiro atoms. The van der Waals surface area contributed by atoms with E-state index in [1.807, 2.05) is 20.8 Å². The van der Waals surface area contributed by atoms with E-state index in [1.54, 1.807) is 0 Å². The lowest BCUT2D eigenvalue weighted by Crippen LogP contribution is -2.08. The van der Waals surface area contributed by atoms with Crippen LogP contribution >= 0.6 is 0 Å². The minimum atomic E-state index is -0.237. The summed E-state index contributed by atoms with van der Waals surface area (Å²) in [5, 5.41) is 4.40. The molecule has 0 saturated carbocycles. The number of esters is 1. The quantitative estimate of drug-likeness (QED) is 0.485. The second kappa shape index (κ2) is 5.45. The average molecular weight is 292 g/mol. The highest BCUT2D eigenvalue weighted by molar-refractivity contribution is 6.18. The van der Waals surface area contributed by atoms with Gasteiger partial charge in [0.15, 0.2) is 0 Å². The summed E-state index contributed by atoms with van der Waals surface area (Å²) in [6.45, 7) is 8.35. The van der Waals surface area contributed by atoms with Crippen LogP contribution in [-0.2, 0) is 4.74 Å². The Kier molecular flexibility index (Phi) is 3.61. The number of hydrogen-bond acceptors (Lipinski definition) is 2. The van der Waals surface area contributed by atoms with E-state index in [2.05, 4.69) is 43.3 Å². The average Bonchev–Trinajstić information content (AvgIpc) is 2.48. The van der Waals surface area contributed by atoms with Crippen LogP contribution in [0.5, 0.6) is 0 Å². The van der Waals surface area contributed by atoms with E-state index in [4.69, 9.17) is 4.74 Å². The largest absolute Gasteiger partial charge is 0.462 e. The molecule has 0 saturated heterocycles. The van der Waals surface area contributed by atoms with Crippen molar-refractivity contribution in [3.8, 4) is 0 Å². The number of rotatable bonds is 2. The maximum atomic E-state index is 12.5. The fourth-order valence-corrected chi connectivity index (χ4v) is 3.11. The lowest BCUT2D eigenvalue weighted by molar-refractivity contribution is 0.0528. The molecule has 22 heavy (non-hydrogen) atoms. The van der Waals surface area contributed by atoms with Crippen molar-refractivity contribution < 1.29 is 9.53 Å². The Morgan fingerprint density at radius 3 is 2.00 bits per heavy atom. The van der Waals surface area contributed by atoms with Gasteiger partial charge in [-0.3, -0.25) is 0 Å². The van der Waals surface area contributed by atoms with E-state index in [0.717, 1.165) is 27.3 Å². The van der Waals surface area contributed by atoms with Crippen LogP contribution in [0.25, 0.3) is 21.5 Å². The SMILES string of the molecule is CCOC(=O)c1c(C)c2cc(C)ccc2c2ccc(C)cc12. The minimum Gasteiger partial charge on any atom is -0.462 e. The molecule has 0 unspecified atom stereocenters. The van der Waals surface area contributed by atoms with Crippen LogP contribution in [0, 0.1) is 20.8 Å². The van der Waals surface area contributed by atoms with Crippen LogP contribution in [0.1, 0.15) is 34.0 Å². The molecule has 3 aromatic carbocycles. The summed E-state index contributed by atoms with van der Waals surface area (Å²) in [6, 6.07) is 12.7. The van der Waals surface area contributed by atoms with Crippen molar-refractivity contribution in [1.29, 1.82) is 0 Å². The summed E-state index contributed by atoms with van der Waals surface area (Å²) in [5.74, 6) is -0.237. The zero-order valence-corrected chi connectivity index (χ0v) is 13.5. The molecule has 3 aromatic rings. The summed E-state index contributed by atoms with van der Waals surface area (Å²) in [5.41, 5.74) is 4.02. The van der Waals surface area contributed by atoms with Crippen molar-refractivity contribution in [2.45, 2.75) is 27.7 Å². The van der Waals surface area contributed by atoms with Crippen LogP contribution in [0.4, 0.5) is 0 Å². The summed E-state index contributed by atoms with van der Waals surface area (Å²) in [6.07, 6.45) is 0. The van der Waals surface area contributed by atoms with Gasteiger partial charge in [-0.25, -0.2) is 4.79 Å². The first kappa shape index (κ1) is 14.6. The van der Waals surface area contributed by atoms with Gasteiger partial charge in [0.25, 0.3) is 0 Å². The van der Waals surface area contributed by atoms with Gasteiger partial charge in [-0.15, -0.1) is 0 Å². The third-order valence-electron chi connectivity index (χ3n) is 4.17. The molecule has 0 radical (unpaired) electrons. The van der Waals surface area contributed by atoms with E-state index in [-0.39, 0.29) is 5.97 Å². The van der Waals surface area contributed by atoms with Gasteiger partial charge in [-0.1, -0.05) is 47.5 Å². The first-order chi connectivity index (χ1) is 10.5. The Hall–Kier alpha value is -2.35. The maximum absolute atomic E-state index is 12.5. The Labute approximate surface area is 130 Å². The van der Waals surface area contributed by atoms with Crippen LogP contribution in [0.3, 0.4) is 0 Å². The highest BCUT2D eigenvalue weighted by Crippen LogP contribution is 2.34. The van der Waals surface area contributed by atoms with Gasteiger partial charge in [-0.05, 0) is 54.8 Å². The molecule has 0 aliphatic carbocycles. The van der Waals surface area contributed by atoms with Gasteiger partial charge >= 0.3 is 5.97 Å². The normalized spacial score (nSPS) is 11.1. The number of hydrogen-bond donors (Lipinski definition) is 0. The molecular weight excluding hydrogens is 272 g/mol.